The van der Waals surface area contributed by atoms with E-state index in [4.69, 9.17) is 16.3 Å². The average molecular weight is 516 g/mol. The second kappa shape index (κ2) is 10.7. The molecule has 0 bridgehead atoms. The van der Waals surface area contributed by atoms with E-state index < -0.39 is 10.0 Å². The van der Waals surface area contributed by atoms with Gasteiger partial charge in [0, 0.05) is 41.2 Å². The van der Waals surface area contributed by atoms with Gasteiger partial charge in [-0.2, -0.15) is 0 Å². The molecule has 0 unspecified atom stereocenters. The van der Waals surface area contributed by atoms with Crippen molar-refractivity contribution in [3.63, 3.8) is 0 Å². The number of benzene rings is 2. The van der Waals surface area contributed by atoms with Gasteiger partial charge in [-0.05, 0) is 62.7 Å². The molecule has 11 heteroatoms. The molecule has 1 aliphatic heterocycles. The molecule has 0 radical (unpaired) electrons. The van der Waals surface area contributed by atoms with Gasteiger partial charge in [0.05, 0.1) is 28.8 Å². The predicted octanol–water partition coefficient (Wildman–Crippen LogP) is 4.13. The van der Waals surface area contributed by atoms with Crippen LogP contribution in [-0.2, 0) is 26.0 Å². The molecule has 9 nitrogen and oxygen atoms in total. The first-order valence-corrected chi connectivity index (χ1v) is 13.0. The van der Waals surface area contributed by atoms with Crippen molar-refractivity contribution in [3.8, 4) is 11.3 Å². The second-order valence-corrected chi connectivity index (χ2v) is 10.5. The predicted molar refractivity (Wildman–Crippen MR) is 135 cm³/mol. The van der Waals surface area contributed by atoms with Gasteiger partial charge in [0.25, 0.3) is 0 Å². The van der Waals surface area contributed by atoms with Crippen LogP contribution in [0.2, 0.25) is 5.02 Å². The quantitative estimate of drug-likeness (QED) is 0.366. The molecule has 0 spiro atoms. The molecular weight excluding hydrogens is 490 g/mol. The van der Waals surface area contributed by atoms with Gasteiger partial charge in [-0.25, -0.2) is 23.1 Å². The van der Waals surface area contributed by atoms with Crippen LogP contribution < -0.4 is 15.4 Å². The number of amides is 1. The van der Waals surface area contributed by atoms with Gasteiger partial charge >= 0.3 is 0 Å². The molecule has 0 fully saturated rings. The van der Waals surface area contributed by atoms with Gasteiger partial charge in [-0.3, -0.25) is 4.79 Å². The summed E-state index contributed by atoms with van der Waals surface area (Å²) >= 11 is 6.09. The molecule has 0 aliphatic carbocycles. The number of halogens is 1. The standard InChI is InChI=1S/C24H26ClN5O4S/c1-15(2)34-11-3-10-27-35(32,33)19-7-5-18(6-8-19)28-24-26-14-16-12-22(31)29-21-13-17(25)4-9-20(21)23(16)30-24/h4-9,13-15,27H,3,10-12H2,1-2H3,(H,29,31)(H,26,28,30). The number of sulfonamides is 1. The fraction of sp³-hybridized carbons (Fsp3) is 0.292. The van der Waals surface area contributed by atoms with Gasteiger partial charge in [-0.1, -0.05) is 11.6 Å². The van der Waals surface area contributed by atoms with Crippen molar-refractivity contribution in [2.75, 3.05) is 23.8 Å². The van der Waals surface area contributed by atoms with E-state index in [2.05, 4.69) is 25.3 Å². The monoisotopic (exact) mass is 515 g/mol. The van der Waals surface area contributed by atoms with E-state index in [0.717, 1.165) is 5.56 Å². The summed E-state index contributed by atoms with van der Waals surface area (Å²) in [5, 5.41) is 6.44. The lowest BCUT2D eigenvalue weighted by atomic mass is 10.1. The minimum Gasteiger partial charge on any atom is -0.379 e. The van der Waals surface area contributed by atoms with Gasteiger partial charge < -0.3 is 15.4 Å². The van der Waals surface area contributed by atoms with Crippen molar-refractivity contribution >= 4 is 44.9 Å². The zero-order valence-electron chi connectivity index (χ0n) is 19.3. The number of nitrogens with one attached hydrogen (secondary N) is 3. The van der Waals surface area contributed by atoms with Crippen LogP contribution in [0.4, 0.5) is 17.3 Å². The van der Waals surface area contributed by atoms with Crippen LogP contribution >= 0.6 is 11.6 Å². The molecule has 1 amide bonds. The number of nitrogens with zero attached hydrogens (tertiary/aromatic N) is 2. The third-order valence-corrected chi connectivity index (χ3v) is 6.92. The molecule has 0 saturated heterocycles. The molecule has 1 aliphatic rings. The van der Waals surface area contributed by atoms with Crippen LogP contribution in [0.3, 0.4) is 0 Å². The zero-order chi connectivity index (χ0) is 25.0. The van der Waals surface area contributed by atoms with Crippen molar-refractivity contribution in [2.45, 2.75) is 37.7 Å². The maximum Gasteiger partial charge on any atom is 0.240 e. The third-order valence-electron chi connectivity index (χ3n) is 5.21. The topological polar surface area (TPSA) is 122 Å². The molecule has 3 N–H and O–H groups in total. The van der Waals surface area contributed by atoms with Crippen molar-refractivity contribution in [1.29, 1.82) is 0 Å². The number of hydrogen-bond donors (Lipinski definition) is 3. The molecule has 0 saturated carbocycles. The summed E-state index contributed by atoms with van der Waals surface area (Å²) in [6.07, 6.45) is 2.45. The Morgan fingerprint density at radius 2 is 1.94 bits per heavy atom. The minimum atomic E-state index is -3.62. The lowest BCUT2D eigenvalue weighted by Crippen LogP contribution is -2.25. The second-order valence-electron chi connectivity index (χ2n) is 8.30. The highest BCUT2D eigenvalue weighted by molar-refractivity contribution is 7.89. The maximum atomic E-state index is 12.5. The van der Waals surface area contributed by atoms with Crippen LogP contribution in [0.5, 0.6) is 0 Å². The fourth-order valence-electron chi connectivity index (χ4n) is 3.55. The van der Waals surface area contributed by atoms with E-state index in [0.29, 0.717) is 53.2 Å². The maximum absolute atomic E-state index is 12.5. The van der Waals surface area contributed by atoms with Crippen LogP contribution in [0.15, 0.2) is 53.6 Å². The number of hydrogen-bond acceptors (Lipinski definition) is 7. The average Bonchev–Trinajstić information content (AvgIpc) is 2.93. The Kier molecular flexibility index (Phi) is 7.66. The SMILES string of the molecule is CC(C)OCCCNS(=O)(=O)c1ccc(Nc2ncc3c(n2)-c2ccc(Cl)cc2NC(=O)C3)cc1. The Hall–Kier alpha value is -3.05. The Morgan fingerprint density at radius 3 is 2.69 bits per heavy atom. The number of ether oxygens (including phenoxy) is 1. The van der Waals surface area contributed by atoms with Crippen LogP contribution in [0, 0.1) is 0 Å². The van der Waals surface area contributed by atoms with Crippen molar-refractivity contribution in [1.82, 2.24) is 14.7 Å². The molecule has 1 aromatic heterocycles. The summed E-state index contributed by atoms with van der Waals surface area (Å²) < 4.78 is 33.0. The molecule has 2 heterocycles. The molecule has 184 valence electrons. The number of aromatic nitrogens is 2. The highest BCUT2D eigenvalue weighted by Crippen LogP contribution is 2.34. The lowest BCUT2D eigenvalue weighted by molar-refractivity contribution is -0.115. The van der Waals surface area contributed by atoms with Gasteiger partial charge in [0.15, 0.2) is 0 Å². The smallest absolute Gasteiger partial charge is 0.240 e. The number of anilines is 3. The van der Waals surface area contributed by atoms with Crippen LogP contribution in [0.25, 0.3) is 11.3 Å². The van der Waals surface area contributed by atoms with Gasteiger partial charge in [0.1, 0.15) is 0 Å². The summed E-state index contributed by atoms with van der Waals surface area (Å²) in [5.41, 5.74) is 3.27. The molecule has 3 aromatic rings. The Bertz CT molecular complexity index is 1330. The Balaban J connectivity index is 1.47. The van der Waals surface area contributed by atoms with E-state index in [-0.39, 0.29) is 23.3 Å². The van der Waals surface area contributed by atoms with Crippen LogP contribution in [-0.4, -0.2) is 43.5 Å². The lowest BCUT2D eigenvalue weighted by Gasteiger charge is -2.11. The summed E-state index contributed by atoms with van der Waals surface area (Å²) in [6, 6.07) is 11.5. The Morgan fingerprint density at radius 1 is 1.17 bits per heavy atom. The van der Waals surface area contributed by atoms with Gasteiger partial charge in [-0.15, -0.1) is 0 Å². The van der Waals surface area contributed by atoms with Crippen LogP contribution in [0.1, 0.15) is 25.8 Å². The van der Waals surface area contributed by atoms with E-state index in [1.807, 2.05) is 13.8 Å². The minimum absolute atomic E-state index is 0.114. The van der Waals surface area contributed by atoms with Crippen molar-refractivity contribution < 1.29 is 17.9 Å². The van der Waals surface area contributed by atoms with E-state index in [1.165, 1.54) is 12.1 Å². The normalized spacial score (nSPS) is 13.1. The molecule has 4 rings (SSSR count). The number of fused-ring (bicyclic) bond motifs is 3. The number of carbonyl (C=O) groups is 1. The summed E-state index contributed by atoms with van der Waals surface area (Å²) in [4.78, 5) is 21.3. The highest BCUT2D eigenvalue weighted by Gasteiger charge is 2.21. The number of rotatable bonds is 9. The van der Waals surface area contributed by atoms with Crippen molar-refractivity contribution in [2.24, 2.45) is 0 Å². The zero-order valence-corrected chi connectivity index (χ0v) is 20.9. The van der Waals surface area contributed by atoms with E-state index in [1.54, 1.807) is 36.5 Å². The third kappa shape index (κ3) is 6.34. The summed E-state index contributed by atoms with van der Waals surface area (Å²) in [7, 11) is -3.62. The number of carbonyl (C=O) groups excluding carboxylic acids is 1. The molecular formula is C24H26ClN5O4S. The van der Waals surface area contributed by atoms with E-state index >= 15 is 0 Å². The molecule has 35 heavy (non-hydrogen) atoms. The van der Waals surface area contributed by atoms with Crippen molar-refractivity contribution in [3.05, 3.63) is 59.2 Å². The summed E-state index contributed by atoms with van der Waals surface area (Å²) in [5.74, 6) is 0.146. The summed E-state index contributed by atoms with van der Waals surface area (Å²) in [6.45, 7) is 4.65. The van der Waals surface area contributed by atoms with Gasteiger partial charge in [0.2, 0.25) is 21.9 Å². The first-order valence-electron chi connectivity index (χ1n) is 11.2. The Labute approximate surface area is 209 Å². The van der Waals surface area contributed by atoms with E-state index in [9.17, 15) is 13.2 Å². The molecule has 2 aromatic carbocycles. The first-order chi connectivity index (χ1) is 16.7. The largest absolute Gasteiger partial charge is 0.379 e. The molecule has 0 atom stereocenters. The highest BCUT2D eigenvalue weighted by atomic mass is 35.5. The fourth-order valence-corrected chi connectivity index (χ4v) is 4.80. The first kappa shape index (κ1) is 25.1.